The zero-order valence-electron chi connectivity index (χ0n) is 9.76. The zero-order valence-corrected chi connectivity index (χ0v) is 9.76. The van der Waals surface area contributed by atoms with Crippen molar-refractivity contribution in [1.29, 1.82) is 0 Å². The number of hydrogen-bond acceptors (Lipinski definition) is 2. The maximum Gasteiger partial charge on any atom is 0.163 e. The number of rotatable bonds is 6. The van der Waals surface area contributed by atoms with E-state index in [4.69, 9.17) is 0 Å². The third kappa shape index (κ3) is 3.87. The van der Waals surface area contributed by atoms with Crippen LogP contribution in [0.25, 0.3) is 0 Å². The molecule has 1 rings (SSSR count). The Morgan fingerprint density at radius 1 is 1.31 bits per heavy atom. The lowest BCUT2D eigenvalue weighted by atomic mass is 10.2. The van der Waals surface area contributed by atoms with Crippen molar-refractivity contribution >= 4 is 0 Å². The molecule has 0 aliphatic heterocycles. The van der Waals surface area contributed by atoms with Gasteiger partial charge in [-0.3, -0.25) is 0 Å². The molecule has 0 amide bonds. The SMILES string of the molecule is CCN(C)CCNCc1cccc(F)c1F. The maximum atomic E-state index is 13.2. The molecule has 0 fully saturated rings. The van der Waals surface area contributed by atoms with Crippen molar-refractivity contribution in [3.05, 3.63) is 35.4 Å². The Labute approximate surface area is 95.3 Å². The summed E-state index contributed by atoms with van der Waals surface area (Å²) in [5.41, 5.74) is 0.374. The molecule has 0 unspecified atom stereocenters. The highest BCUT2D eigenvalue weighted by Crippen LogP contribution is 2.10. The molecule has 2 nitrogen and oxygen atoms in total. The number of nitrogens with one attached hydrogen (secondary N) is 1. The van der Waals surface area contributed by atoms with Gasteiger partial charge in [-0.1, -0.05) is 19.1 Å². The van der Waals surface area contributed by atoms with E-state index in [-0.39, 0.29) is 0 Å². The number of benzene rings is 1. The quantitative estimate of drug-likeness (QED) is 0.749. The Hall–Kier alpha value is -1.00. The summed E-state index contributed by atoms with van der Waals surface area (Å²) in [5.74, 6) is -1.54. The molecule has 1 N–H and O–H groups in total. The summed E-state index contributed by atoms with van der Waals surface area (Å²) in [6, 6.07) is 4.24. The van der Waals surface area contributed by atoms with Crippen LogP contribution >= 0.6 is 0 Å². The molecule has 4 heteroatoms. The van der Waals surface area contributed by atoms with Gasteiger partial charge < -0.3 is 10.2 Å². The summed E-state index contributed by atoms with van der Waals surface area (Å²) in [7, 11) is 2.02. The molecule has 90 valence electrons. The van der Waals surface area contributed by atoms with Crippen LogP contribution in [0, 0.1) is 11.6 Å². The topological polar surface area (TPSA) is 15.3 Å². The van der Waals surface area contributed by atoms with E-state index in [1.165, 1.54) is 6.07 Å². The van der Waals surface area contributed by atoms with Crippen molar-refractivity contribution in [3.8, 4) is 0 Å². The fraction of sp³-hybridized carbons (Fsp3) is 0.500. The predicted octanol–water partition coefficient (Wildman–Crippen LogP) is 2.01. The van der Waals surface area contributed by atoms with E-state index in [1.54, 1.807) is 6.07 Å². The third-order valence-electron chi connectivity index (χ3n) is 2.56. The van der Waals surface area contributed by atoms with Crippen LogP contribution in [0.4, 0.5) is 8.78 Å². The highest BCUT2D eigenvalue weighted by atomic mass is 19.2. The van der Waals surface area contributed by atoms with Gasteiger partial charge in [0.2, 0.25) is 0 Å². The smallest absolute Gasteiger partial charge is 0.163 e. The maximum absolute atomic E-state index is 13.2. The normalized spacial score (nSPS) is 11.1. The van der Waals surface area contributed by atoms with E-state index >= 15 is 0 Å². The lowest BCUT2D eigenvalue weighted by Gasteiger charge is -2.14. The van der Waals surface area contributed by atoms with Crippen LogP contribution in [0.15, 0.2) is 18.2 Å². The van der Waals surface area contributed by atoms with Gasteiger partial charge in [0.1, 0.15) is 0 Å². The van der Waals surface area contributed by atoms with Crippen molar-refractivity contribution in [3.63, 3.8) is 0 Å². The first-order valence-corrected chi connectivity index (χ1v) is 5.47. The Morgan fingerprint density at radius 2 is 2.06 bits per heavy atom. The minimum Gasteiger partial charge on any atom is -0.311 e. The number of likely N-dealkylation sites (N-methyl/N-ethyl adjacent to an activating group) is 1. The first-order valence-electron chi connectivity index (χ1n) is 5.47. The summed E-state index contributed by atoms with van der Waals surface area (Å²) in [4.78, 5) is 2.15. The van der Waals surface area contributed by atoms with Gasteiger partial charge in [-0.25, -0.2) is 8.78 Å². The van der Waals surface area contributed by atoms with Crippen LogP contribution < -0.4 is 5.32 Å². The first-order chi connectivity index (χ1) is 7.65. The Kier molecular flexibility index (Phi) is 5.35. The van der Waals surface area contributed by atoms with E-state index in [9.17, 15) is 8.78 Å². The lowest BCUT2D eigenvalue weighted by Crippen LogP contribution is -2.29. The molecule has 0 radical (unpaired) electrons. The van der Waals surface area contributed by atoms with E-state index in [2.05, 4.69) is 17.1 Å². The summed E-state index contributed by atoms with van der Waals surface area (Å²) in [5, 5.41) is 3.09. The largest absolute Gasteiger partial charge is 0.311 e. The molecular weight excluding hydrogens is 210 g/mol. The van der Waals surface area contributed by atoms with Crippen LogP contribution in [-0.4, -0.2) is 31.6 Å². The van der Waals surface area contributed by atoms with Gasteiger partial charge in [0.25, 0.3) is 0 Å². The summed E-state index contributed by atoms with van der Waals surface area (Å²) < 4.78 is 26.1. The second kappa shape index (κ2) is 6.55. The lowest BCUT2D eigenvalue weighted by molar-refractivity contribution is 0.348. The molecule has 0 atom stereocenters. The van der Waals surface area contributed by atoms with Gasteiger partial charge in [-0.2, -0.15) is 0 Å². The minimum atomic E-state index is -0.787. The van der Waals surface area contributed by atoms with Crippen LogP contribution in [0.1, 0.15) is 12.5 Å². The van der Waals surface area contributed by atoms with Gasteiger partial charge in [-0.15, -0.1) is 0 Å². The van der Waals surface area contributed by atoms with Crippen LogP contribution in [-0.2, 0) is 6.54 Å². The van der Waals surface area contributed by atoms with E-state index in [0.717, 1.165) is 25.7 Å². The van der Waals surface area contributed by atoms with Gasteiger partial charge in [0.15, 0.2) is 11.6 Å². The Bertz CT molecular complexity index is 329. The molecule has 0 saturated heterocycles. The van der Waals surface area contributed by atoms with E-state index in [0.29, 0.717) is 12.1 Å². The van der Waals surface area contributed by atoms with Gasteiger partial charge in [0, 0.05) is 25.2 Å². The second-order valence-corrected chi connectivity index (χ2v) is 3.79. The molecule has 0 heterocycles. The van der Waals surface area contributed by atoms with Crippen molar-refractivity contribution in [2.24, 2.45) is 0 Å². The van der Waals surface area contributed by atoms with Gasteiger partial charge in [-0.05, 0) is 19.7 Å². The molecule has 0 aromatic heterocycles. The second-order valence-electron chi connectivity index (χ2n) is 3.79. The first kappa shape index (κ1) is 13.1. The molecule has 16 heavy (non-hydrogen) atoms. The van der Waals surface area contributed by atoms with Crippen LogP contribution in [0.5, 0.6) is 0 Å². The standard InChI is InChI=1S/C12H18F2N2/c1-3-16(2)8-7-15-9-10-5-4-6-11(13)12(10)14/h4-6,15H,3,7-9H2,1-2H3. The molecule has 0 aliphatic carbocycles. The summed E-state index contributed by atoms with van der Waals surface area (Å²) >= 11 is 0. The monoisotopic (exact) mass is 228 g/mol. The predicted molar refractivity (Wildman–Crippen MR) is 61.2 cm³/mol. The number of nitrogens with zero attached hydrogens (tertiary/aromatic N) is 1. The summed E-state index contributed by atoms with van der Waals surface area (Å²) in [6.45, 7) is 5.08. The zero-order chi connectivity index (χ0) is 12.0. The molecule has 0 spiro atoms. The van der Waals surface area contributed by atoms with Crippen molar-refractivity contribution in [1.82, 2.24) is 10.2 Å². The van der Waals surface area contributed by atoms with E-state index < -0.39 is 11.6 Å². The molecule has 1 aromatic rings. The average molecular weight is 228 g/mol. The van der Waals surface area contributed by atoms with Gasteiger partial charge >= 0.3 is 0 Å². The fourth-order valence-electron chi connectivity index (χ4n) is 1.34. The molecule has 0 bridgehead atoms. The highest BCUT2D eigenvalue weighted by molar-refractivity contribution is 5.18. The van der Waals surface area contributed by atoms with Crippen molar-refractivity contribution < 1.29 is 8.78 Å². The molecule has 0 saturated carbocycles. The van der Waals surface area contributed by atoms with Crippen molar-refractivity contribution in [2.75, 3.05) is 26.7 Å². The highest BCUT2D eigenvalue weighted by Gasteiger charge is 2.06. The minimum absolute atomic E-state index is 0.362. The molecular formula is C12H18F2N2. The molecule has 0 aliphatic rings. The summed E-state index contributed by atoms with van der Waals surface area (Å²) in [6.07, 6.45) is 0. The average Bonchev–Trinajstić information content (AvgIpc) is 2.29. The van der Waals surface area contributed by atoms with Crippen molar-refractivity contribution in [2.45, 2.75) is 13.5 Å². The van der Waals surface area contributed by atoms with Gasteiger partial charge in [0.05, 0.1) is 0 Å². The fourth-order valence-corrected chi connectivity index (χ4v) is 1.34. The van der Waals surface area contributed by atoms with Crippen LogP contribution in [0.3, 0.4) is 0 Å². The van der Waals surface area contributed by atoms with E-state index in [1.807, 2.05) is 7.05 Å². The van der Waals surface area contributed by atoms with Crippen LogP contribution in [0.2, 0.25) is 0 Å². The third-order valence-corrected chi connectivity index (χ3v) is 2.56. The Balaban J connectivity index is 2.35. The molecule has 1 aromatic carbocycles. The number of hydrogen-bond donors (Lipinski definition) is 1. The number of halogens is 2. The Morgan fingerprint density at radius 3 is 2.75 bits per heavy atom.